The molecule has 0 spiro atoms. The smallest absolute Gasteiger partial charge is 0.191 e. The molecule has 0 fully saturated rings. The number of benzene rings is 2. The lowest BCUT2D eigenvalue weighted by molar-refractivity contribution is 0.177. The fraction of sp³-hybridized carbons (Fsp3) is 0.400. The van der Waals surface area contributed by atoms with Crippen molar-refractivity contribution in [3.05, 3.63) is 71.3 Å². The van der Waals surface area contributed by atoms with E-state index < -0.39 is 0 Å². The Balaban J connectivity index is 0.00000324. The van der Waals surface area contributed by atoms with Crippen molar-refractivity contribution in [1.29, 1.82) is 0 Å². The molecule has 0 saturated heterocycles. The number of hydrogen-bond acceptors (Lipinski definition) is 5. The molecule has 1 aliphatic rings. The molecule has 1 atom stereocenters. The van der Waals surface area contributed by atoms with E-state index in [1.807, 2.05) is 54.1 Å². The third kappa shape index (κ3) is 6.69. The number of hydrogen-bond donors (Lipinski definition) is 2. The Kier molecular flexibility index (Phi) is 9.70. The van der Waals surface area contributed by atoms with Gasteiger partial charge < -0.3 is 20.1 Å². The molecule has 0 saturated carbocycles. The van der Waals surface area contributed by atoms with Crippen LogP contribution in [-0.2, 0) is 30.9 Å². The molecule has 182 valence electrons. The lowest BCUT2D eigenvalue weighted by Crippen LogP contribution is -2.47. The van der Waals surface area contributed by atoms with Gasteiger partial charge in [0.15, 0.2) is 11.8 Å². The number of guanidine groups is 1. The molecule has 4 rings (SSSR count). The zero-order valence-corrected chi connectivity index (χ0v) is 22.3. The normalized spacial score (nSPS) is 15.3. The first-order chi connectivity index (χ1) is 16.2. The summed E-state index contributed by atoms with van der Waals surface area (Å²) in [6.07, 6.45) is 1.85. The summed E-state index contributed by atoms with van der Waals surface area (Å²) in [4.78, 5) is 9.40. The highest BCUT2D eigenvalue weighted by Gasteiger charge is 2.22. The van der Waals surface area contributed by atoms with Crippen molar-refractivity contribution in [3.63, 3.8) is 0 Å². The van der Waals surface area contributed by atoms with Crippen LogP contribution in [0.2, 0.25) is 0 Å². The Hall–Kier alpha value is -2.66. The van der Waals surface area contributed by atoms with Crippen molar-refractivity contribution in [1.82, 2.24) is 25.4 Å². The van der Waals surface area contributed by atoms with Crippen LogP contribution in [0.1, 0.15) is 36.1 Å². The van der Waals surface area contributed by atoms with Crippen LogP contribution in [-0.4, -0.2) is 40.4 Å². The second kappa shape index (κ2) is 12.7. The number of methoxy groups -OCH3 is 1. The molecule has 34 heavy (non-hydrogen) atoms. The number of rotatable bonds is 8. The minimum absolute atomic E-state index is 0. The molecule has 1 aliphatic heterocycles. The lowest BCUT2D eigenvalue weighted by Gasteiger charge is -2.25. The molecule has 2 heterocycles. The fourth-order valence-corrected chi connectivity index (χ4v) is 3.87. The number of aryl methyl sites for hydroxylation is 2. The van der Waals surface area contributed by atoms with Gasteiger partial charge in [0.05, 0.1) is 13.1 Å². The maximum absolute atomic E-state index is 6.20. The van der Waals surface area contributed by atoms with Crippen molar-refractivity contribution in [2.45, 2.75) is 52.4 Å². The minimum Gasteiger partial charge on any atom is -0.457 e. The summed E-state index contributed by atoms with van der Waals surface area (Å²) in [6, 6.07) is 16.3. The van der Waals surface area contributed by atoms with Gasteiger partial charge in [-0.3, -0.25) is 0 Å². The van der Waals surface area contributed by atoms with Gasteiger partial charge in [0.1, 0.15) is 23.9 Å². The Labute approximate surface area is 218 Å². The van der Waals surface area contributed by atoms with E-state index in [1.54, 1.807) is 7.11 Å². The molecule has 0 bridgehead atoms. The molecule has 0 aliphatic carbocycles. The van der Waals surface area contributed by atoms with Gasteiger partial charge in [-0.25, -0.2) is 14.7 Å². The molecule has 2 N–H and O–H groups in total. The van der Waals surface area contributed by atoms with Crippen molar-refractivity contribution in [2.75, 3.05) is 13.7 Å². The van der Waals surface area contributed by atoms with Gasteiger partial charge in [-0.2, -0.15) is 5.10 Å². The van der Waals surface area contributed by atoms with E-state index in [0.29, 0.717) is 13.2 Å². The van der Waals surface area contributed by atoms with Gasteiger partial charge in [0.2, 0.25) is 0 Å². The molecule has 1 aromatic heterocycles. The highest BCUT2D eigenvalue weighted by Crippen LogP contribution is 2.28. The second-order valence-electron chi connectivity index (χ2n) is 8.11. The summed E-state index contributed by atoms with van der Waals surface area (Å²) in [7, 11) is 1.66. The molecular weight excluding hydrogens is 543 g/mol. The zero-order chi connectivity index (χ0) is 23.0. The molecule has 3 aromatic rings. The van der Waals surface area contributed by atoms with Crippen LogP contribution in [0.15, 0.2) is 53.5 Å². The Bertz CT molecular complexity index is 1100. The van der Waals surface area contributed by atoms with Crippen molar-refractivity contribution >= 4 is 29.9 Å². The largest absolute Gasteiger partial charge is 0.457 e. The second-order valence-corrected chi connectivity index (χ2v) is 8.11. The van der Waals surface area contributed by atoms with Crippen LogP contribution >= 0.6 is 24.0 Å². The summed E-state index contributed by atoms with van der Waals surface area (Å²) >= 11 is 0. The molecule has 1 unspecified atom stereocenters. The topological polar surface area (TPSA) is 85.6 Å². The number of halogens is 1. The number of para-hydroxylation sites is 2. The van der Waals surface area contributed by atoms with E-state index >= 15 is 0 Å². The number of aromatic nitrogens is 3. The van der Waals surface area contributed by atoms with E-state index in [4.69, 9.17) is 14.5 Å². The maximum atomic E-state index is 6.20. The first-order valence-electron chi connectivity index (χ1n) is 11.4. The Morgan fingerprint density at radius 2 is 1.91 bits per heavy atom. The van der Waals surface area contributed by atoms with E-state index in [0.717, 1.165) is 66.2 Å². The lowest BCUT2D eigenvalue weighted by atomic mass is 10.1. The number of nitrogens with zero attached hydrogens (tertiary/aromatic N) is 4. The van der Waals surface area contributed by atoms with Crippen molar-refractivity contribution in [3.8, 4) is 11.5 Å². The SMILES string of the molecule is CCNC(=NCc1ccccc1Oc1ccccc1C)NC1CCc2nc(COC)nn2C1.I. The molecule has 2 aromatic carbocycles. The summed E-state index contributed by atoms with van der Waals surface area (Å²) < 4.78 is 13.3. The number of ether oxygens (including phenoxy) is 2. The molecule has 0 amide bonds. The Morgan fingerprint density at radius 3 is 2.68 bits per heavy atom. The third-order valence-electron chi connectivity index (χ3n) is 5.55. The summed E-state index contributed by atoms with van der Waals surface area (Å²) in [5.74, 6) is 4.22. The number of fused-ring (bicyclic) bond motifs is 1. The Morgan fingerprint density at radius 1 is 1.15 bits per heavy atom. The van der Waals surface area contributed by atoms with Gasteiger partial charge in [0, 0.05) is 31.7 Å². The minimum atomic E-state index is 0. The summed E-state index contributed by atoms with van der Waals surface area (Å²) in [5.41, 5.74) is 2.13. The first-order valence-corrected chi connectivity index (χ1v) is 11.4. The van der Waals surface area contributed by atoms with Crippen LogP contribution in [0.5, 0.6) is 11.5 Å². The molecule has 0 radical (unpaired) electrons. The monoisotopic (exact) mass is 576 g/mol. The highest BCUT2D eigenvalue weighted by atomic mass is 127. The number of nitrogens with one attached hydrogen (secondary N) is 2. The van der Waals surface area contributed by atoms with E-state index in [9.17, 15) is 0 Å². The van der Waals surface area contributed by atoms with Crippen LogP contribution in [0.4, 0.5) is 0 Å². The zero-order valence-electron chi connectivity index (χ0n) is 20.0. The third-order valence-corrected chi connectivity index (χ3v) is 5.55. The van der Waals surface area contributed by atoms with Gasteiger partial charge in [-0.05, 0) is 38.0 Å². The quantitative estimate of drug-likeness (QED) is 0.238. The molecular formula is C25H33IN6O2. The first kappa shape index (κ1) is 26.0. The van der Waals surface area contributed by atoms with E-state index in [2.05, 4.69) is 33.7 Å². The van der Waals surface area contributed by atoms with Crippen molar-refractivity contribution in [2.24, 2.45) is 4.99 Å². The maximum Gasteiger partial charge on any atom is 0.191 e. The fourth-order valence-electron chi connectivity index (χ4n) is 3.87. The average molecular weight is 576 g/mol. The van der Waals surface area contributed by atoms with E-state index in [1.165, 1.54) is 0 Å². The average Bonchev–Trinajstić information content (AvgIpc) is 3.22. The summed E-state index contributed by atoms with van der Waals surface area (Å²) in [6.45, 7) is 6.60. The van der Waals surface area contributed by atoms with Crippen molar-refractivity contribution < 1.29 is 9.47 Å². The predicted octanol–water partition coefficient (Wildman–Crippen LogP) is 4.21. The number of aliphatic imine (C=N–C) groups is 1. The predicted molar refractivity (Wildman–Crippen MR) is 144 cm³/mol. The van der Waals surface area contributed by atoms with Gasteiger partial charge in [0.25, 0.3) is 0 Å². The molecule has 8 nitrogen and oxygen atoms in total. The van der Waals surface area contributed by atoms with Gasteiger partial charge >= 0.3 is 0 Å². The highest BCUT2D eigenvalue weighted by molar-refractivity contribution is 14.0. The van der Waals surface area contributed by atoms with Gasteiger partial charge in [-0.1, -0.05) is 36.4 Å². The van der Waals surface area contributed by atoms with Crippen LogP contribution in [0.25, 0.3) is 0 Å². The molecule has 9 heteroatoms. The standard InChI is InChI=1S/C25H32N6O2.HI/c1-4-26-25(28-20-13-14-24-29-23(17-32-3)30-31(24)16-20)27-15-19-10-6-8-12-22(19)33-21-11-7-5-9-18(21)2;/h5-12,20H,4,13-17H2,1-3H3,(H2,26,27,28);1H. The van der Waals surface area contributed by atoms with Crippen LogP contribution < -0.4 is 15.4 Å². The van der Waals surface area contributed by atoms with Crippen LogP contribution in [0, 0.1) is 6.92 Å². The van der Waals surface area contributed by atoms with Crippen LogP contribution in [0.3, 0.4) is 0 Å². The van der Waals surface area contributed by atoms with Gasteiger partial charge in [-0.15, -0.1) is 24.0 Å². The van der Waals surface area contributed by atoms with E-state index in [-0.39, 0.29) is 30.0 Å². The summed E-state index contributed by atoms with van der Waals surface area (Å²) in [5, 5.41) is 11.5.